The monoisotopic (exact) mass is 683 g/mol. The molecule has 0 aliphatic rings. The zero-order valence-electron chi connectivity index (χ0n) is 29.5. The molecule has 0 aromatic carbocycles. The topological polar surface area (TPSA) is 134 Å². The predicted octanol–water partition coefficient (Wildman–Crippen LogP) is 9.60. The van der Waals surface area contributed by atoms with Gasteiger partial charge in [0, 0.05) is 19.4 Å². The van der Waals surface area contributed by atoms with Gasteiger partial charge in [0.15, 0.2) is 6.10 Å². The fourth-order valence-electron chi connectivity index (χ4n) is 4.51. The summed E-state index contributed by atoms with van der Waals surface area (Å²) < 4.78 is 32.5. The maximum Gasteiger partial charge on any atom is 0.472 e. The highest BCUT2D eigenvalue weighted by atomic mass is 31.2. The van der Waals surface area contributed by atoms with Crippen LogP contribution in [0.2, 0.25) is 0 Å². The van der Waals surface area contributed by atoms with Gasteiger partial charge in [-0.3, -0.25) is 18.6 Å². The number of esters is 2. The SMILES string of the molecule is CCCCC/C=C\C/C=C\C/C=C\C/C=C\CCCC(=O)OC[C@H](COP(=O)(O)OCCN)OC(=O)CCCCCCCCCCC. The first-order valence-electron chi connectivity index (χ1n) is 18.1. The summed E-state index contributed by atoms with van der Waals surface area (Å²) in [5, 5.41) is 0. The first kappa shape index (κ1) is 45.0. The number of unbranched alkanes of at least 4 members (excludes halogenated alkanes) is 12. The number of nitrogens with two attached hydrogens (primary N) is 1. The molecule has 2 atom stereocenters. The summed E-state index contributed by atoms with van der Waals surface area (Å²) in [7, 11) is -4.38. The summed E-state index contributed by atoms with van der Waals surface area (Å²) >= 11 is 0. The van der Waals surface area contributed by atoms with Crippen molar-refractivity contribution in [3.63, 3.8) is 0 Å². The van der Waals surface area contributed by atoms with E-state index >= 15 is 0 Å². The molecule has 10 heteroatoms. The Hall–Kier alpha value is -2.03. The van der Waals surface area contributed by atoms with Crippen LogP contribution < -0.4 is 5.73 Å². The number of carbonyl (C=O) groups is 2. The van der Waals surface area contributed by atoms with E-state index in [9.17, 15) is 19.0 Å². The highest BCUT2D eigenvalue weighted by Gasteiger charge is 2.25. The van der Waals surface area contributed by atoms with E-state index in [0.29, 0.717) is 12.8 Å². The van der Waals surface area contributed by atoms with Gasteiger partial charge in [-0.15, -0.1) is 0 Å². The number of hydrogen-bond donors (Lipinski definition) is 2. The fraction of sp³-hybridized carbons (Fsp3) is 0.730. The Labute approximate surface area is 286 Å². The minimum atomic E-state index is -4.38. The number of phosphoric acid groups is 1. The lowest BCUT2D eigenvalue weighted by Crippen LogP contribution is -2.29. The Morgan fingerprint density at radius 2 is 1.13 bits per heavy atom. The minimum absolute atomic E-state index is 0.0454. The second-order valence-corrected chi connectivity index (χ2v) is 13.2. The van der Waals surface area contributed by atoms with Crippen molar-refractivity contribution in [2.24, 2.45) is 5.73 Å². The van der Waals surface area contributed by atoms with Crippen LogP contribution in [-0.4, -0.2) is 49.3 Å². The first-order chi connectivity index (χ1) is 22.8. The predicted molar refractivity (Wildman–Crippen MR) is 192 cm³/mol. The number of hydrogen-bond acceptors (Lipinski definition) is 8. The third-order valence-electron chi connectivity index (χ3n) is 7.22. The Morgan fingerprint density at radius 3 is 1.70 bits per heavy atom. The number of rotatable bonds is 33. The number of allylic oxidation sites excluding steroid dienone is 8. The number of ether oxygens (including phenoxy) is 2. The van der Waals surface area contributed by atoms with Crippen LogP contribution in [0, 0.1) is 0 Å². The summed E-state index contributed by atoms with van der Waals surface area (Å²) in [6, 6.07) is 0. The Kier molecular flexibility index (Phi) is 32.4. The van der Waals surface area contributed by atoms with Gasteiger partial charge in [0.2, 0.25) is 0 Å². The molecule has 9 nitrogen and oxygen atoms in total. The molecule has 0 spiro atoms. The van der Waals surface area contributed by atoms with Crippen molar-refractivity contribution < 1.29 is 37.6 Å². The molecule has 0 aliphatic heterocycles. The molecular formula is C37H66NO8P. The Bertz CT molecular complexity index is 918. The third-order valence-corrected chi connectivity index (χ3v) is 8.20. The molecule has 0 rings (SSSR count). The minimum Gasteiger partial charge on any atom is -0.462 e. The van der Waals surface area contributed by atoms with Gasteiger partial charge in [-0.25, -0.2) is 4.57 Å². The zero-order chi connectivity index (χ0) is 34.7. The van der Waals surface area contributed by atoms with Gasteiger partial charge in [0.1, 0.15) is 6.61 Å². The van der Waals surface area contributed by atoms with E-state index in [1.165, 1.54) is 57.8 Å². The second-order valence-electron chi connectivity index (χ2n) is 11.7. The standard InChI is InChI=1S/C37H66NO8P/c1-3-5-7-9-11-13-14-15-16-17-18-19-20-22-23-25-27-29-36(39)43-33-35(34-45-47(41,42)44-32-31-38)46-37(40)30-28-26-24-21-12-10-8-6-4-2/h11,13,15-16,18-19,22-23,35H,3-10,12,14,17,20-21,24-34,38H2,1-2H3,(H,41,42)/b13-11-,16-15-,19-18-,23-22-/t35-/m1/s1. The molecule has 0 aromatic rings. The van der Waals surface area contributed by atoms with E-state index in [1.807, 2.05) is 6.08 Å². The highest BCUT2D eigenvalue weighted by molar-refractivity contribution is 7.47. The molecule has 0 amide bonds. The van der Waals surface area contributed by atoms with Gasteiger partial charge < -0.3 is 20.1 Å². The zero-order valence-corrected chi connectivity index (χ0v) is 30.4. The van der Waals surface area contributed by atoms with E-state index in [2.05, 4.69) is 56.4 Å². The van der Waals surface area contributed by atoms with E-state index in [0.717, 1.165) is 44.9 Å². The van der Waals surface area contributed by atoms with E-state index in [1.54, 1.807) is 0 Å². The van der Waals surface area contributed by atoms with Crippen molar-refractivity contribution in [2.45, 2.75) is 148 Å². The molecule has 1 unspecified atom stereocenters. The fourth-order valence-corrected chi connectivity index (χ4v) is 5.27. The third kappa shape index (κ3) is 33.7. The molecule has 0 saturated carbocycles. The molecule has 0 saturated heterocycles. The highest BCUT2D eigenvalue weighted by Crippen LogP contribution is 2.43. The van der Waals surface area contributed by atoms with Crippen molar-refractivity contribution in [1.82, 2.24) is 0 Å². The van der Waals surface area contributed by atoms with Crippen LogP contribution in [0.5, 0.6) is 0 Å². The van der Waals surface area contributed by atoms with Gasteiger partial charge in [0.05, 0.1) is 13.2 Å². The van der Waals surface area contributed by atoms with Crippen molar-refractivity contribution in [2.75, 3.05) is 26.4 Å². The summed E-state index contributed by atoms with van der Waals surface area (Å²) in [5.74, 6) is -0.902. The Balaban J connectivity index is 4.33. The molecule has 0 radical (unpaired) electrons. The van der Waals surface area contributed by atoms with Gasteiger partial charge in [-0.2, -0.15) is 0 Å². The van der Waals surface area contributed by atoms with Gasteiger partial charge in [-0.1, -0.05) is 127 Å². The summed E-state index contributed by atoms with van der Waals surface area (Å²) in [6.07, 6.45) is 35.8. The summed E-state index contributed by atoms with van der Waals surface area (Å²) in [4.78, 5) is 34.5. The summed E-state index contributed by atoms with van der Waals surface area (Å²) in [6.45, 7) is 3.59. The molecule has 47 heavy (non-hydrogen) atoms. The van der Waals surface area contributed by atoms with Crippen LogP contribution >= 0.6 is 7.82 Å². The van der Waals surface area contributed by atoms with Crippen LogP contribution in [0.15, 0.2) is 48.6 Å². The second kappa shape index (κ2) is 33.9. The van der Waals surface area contributed by atoms with E-state index < -0.39 is 32.5 Å². The quantitative estimate of drug-likeness (QED) is 0.0300. The molecule has 272 valence electrons. The molecule has 0 aliphatic carbocycles. The molecular weight excluding hydrogens is 617 g/mol. The summed E-state index contributed by atoms with van der Waals surface area (Å²) in [5.41, 5.74) is 5.31. The smallest absolute Gasteiger partial charge is 0.462 e. The lowest BCUT2D eigenvalue weighted by Gasteiger charge is -2.19. The van der Waals surface area contributed by atoms with E-state index in [4.69, 9.17) is 24.3 Å². The van der Waals surface area contributed by atoms with Gasteiger partial charge >= 0.3 is 19.8 Å². The molecule has 3 N–H and O–H groups in total. The maximum atomic E-state index is 12.4. The van der Waals surface area contributed by atoms with Crippen molar-refractivity contribution in [3.8, 4) is 0 Å². The van der Waals surface area contributed by atoms with Gasteiger partial charge in [0.25, 0.3) is 0 Å². The number of phosphoric ester groups is 1. The largest absolute Gasteiger partial charge is 0.472 e. The van der Waals surface area contributed by atoms with Crippen molar-refractivity contribution >= 4 is 19.8 Å². The molecule has 0 aromatic heterocycles. The van der Waals surface area contributed by atoms with E-state index in [-0.39, 0.29) is 32.6 Å². The van der Waals surface area contributed by atoms with Crippen LogP contribution in [-0.2, 0) is 32.7 Å². The Morgan fingerprint density at radius 1 is 0.638 bits per heavy atom. The lowest BCUT2D eigenvalue weighted by molar-refractivity contribution is -0.161. The van der Waals surface area contributed by atoms with Crippen LogP contribution in [0.1, 0.15) is 142 Å². The molecule has 0 fully saturated rings. The average Bonchev–Trinajstić information content (AvgIpc) is 3.05. The number of carbonyl (C=O) groups excluding carboxylic acids is 2. The lowest BCUT2D eigenvalue weighted by atomic mass is 10.1. The molecule has 0 bridgehead atoms. The maximum absolute atomic E-state index is 12.4. The van der Waals surface area contributed by atoms with Crippen molar-refractivity contribution in [1.29, 1.82) is 0 Å². The van der Waals surface area contributed by atoms with Crippen LogP contribution in [0.3, 0.4) is 0 Å². The van der Waals surface area contributed by atoms with Crippen LogP contribution in [0.25, 0.3) is 0 Å². The van der Waals surface area contributed by atoms with Crippen LogP contribution in [0.4, 0.5) is 0 Å². The first-order valence-corrected chi connectivity index (χ1v) is 19.6. The normalized spacial score (nSPS) is 14.0. The molecule has 0 heterocycles. The van der Waals surface area contributed by atoms with Gasteiger partial charge in [-0.05, 0) is 51.4 Å². The van der Waals surface area contributed by atoms with Crippen molar-refractivity contribution in [3.05, 3.63) is 48.6 Å². The average molecular weight is 684 g/mol.